The van der Waals surface area contributed by atoms with E-state index in [4.69, 9.17) is 0 Å². The Morgan fingerprint density at radius 3 is 2.67 bits per heavy atom. The third kappa shape index (κ3) is 7.09. The zero-order chi connectivity index (χ0) is 15.5. The Morgan fingerprint density at radius 1 is 1.24 bits per heavy atom. The SMILES string of the molecule is CCNC(=NCCN(C)CC)NCCc1ccccc1F. The Kier molecular flexibility index (Phi) is 8.43. The lowest BCUT2D eigenvalue weighted by Gasteiger charge is -2.14. The zero-order valence-corrected chi connectivity index (χ0v) is 13.3. The molecule has 4 nitrogen and oxygen atoms in total. The van der Waals surface area contributed by atoms with Crippen LogP contribution in [0.3, 0.4) is 0 Å². The number of likely N-dealkylation sites (N-methyl/N-ethyl adjacent to an activating group) is 1. The van der Waals surface area contributed by atoms with Crippen molar-refractivity contribution in [2.45, 2.75) is 20.3 Å². The molecule has 5 heteroatoms. The lowest BCUT2D eigenvalue weighted by molar-refractivity contribution is 0.363. The molecule has 1 aromatic rings. The van der Waals surface area contributed by atoms with E-state index in [9.17, 15) is 4.39 Å². The fourth-order valence-corrected chi connectivity index (χ4v) is 1.85. The van der Waals surface area contributed by atoms with Crippen LogP contribution in [0.4, 0.5) is 4.39 Å². The van der Waals surface area contributed by atoms with Gasteiger partial charge in [0.15, 0.2) is 5.96 Å². The van der Waals surface area contributed by atoms with Crippen LogP contribution in [-0.2, 0) is 6.42 Å². The molecule has 0 saturated heterocycles. The summed E-state index contributed by atoms with van der Waals surface area (Å²) in [6, 6.07) is 6.88. The molecule has 0 aliphatic heterocycles. The van der Waals surface area contributed by atoms with Crippen molar-refractivity contribution in [2.75, 3.05) is 39.8 Å². The molecular weight excluding hydrogens is 267 g/mol. The number of halogens is 1. The van der Waals surface area contributed by atoms with Gasteiger partial charge in [-0.1, -0.05) is 25.1 Å². The summed E-state index contributed by atoms with van der Waals surface area (Å²) in [5.41, 5.74) is 0.728. The standard InChI is InChI=1S/C16H27FN4/c1-4-18-16(20-12-13-21(3)5-2)19-11-10-14-8-6-7-9-15(14)17/h6-9H,4-5,10-13H2,1-3H3,(H2,18,19,20). The normalized spacial score (nSPS) is 11.8. The van der Waals surface area contributed by atoms with Crippen LogP contribution in [0.2, 0.25) is 0 Å². The van der Waals surface area contributed by atoms with Crippen molar-refractivity contribution in [3.05, 3.63) is 35.6 Å². The van der Waals surface area contributed by atoms with Crippen molar-refractivity contribution >= 4 is 5.96 Å². The fourth-order valence-electron chi connectivity index (χ4n) is 1.85. The maximum absolute atomic E-state index is 13.5. The molecule has 0 bridgehead atoms. The van der Waals surface area contributed by atoms with E-state index in [1.165, 1.54) is 6.07 Å². The number of rotatable bonds is 8. The molecule has 0 aromatic heterocycles. The first-order valence-electron chi connectivity index (χ1n) is 7.61. The maximum Gasteiger partial charge on any atom is 0.191 e. The average molecular weight is 294 g/mol. The lowest BCUT2D eigenvalue weighted by atomic mass is 10.1. The van der Waals surface area contributed by atoms with Crippen molar-refractivity contribution < 1.29 is 4.39 Å². The van der Waals surface area contributed by atoms with Gasteiger partial charge in [0.2, 0.25) is 0 Å². The minimum Gasteiger partial charge on any atom is -0.357 e. The molecule has 1 rings (SSSR count). The van der Waals surface area contributed by atoms with Gasteiger partial charge in [-0.05, 0) is 38.6 Å². The first-order chi connectivity index (χ1) is 10.2. The van der Waals surface area contributed by atoms with Crippen LogP contribution in [0.1, 0.15) is 19.4 Å². The van der Waals surface area contributed by atoms with Gasteiger partial charge in [-0.3, -0.25) is 4.99 Å². The van der Waals surface area contributed by atoms with Gasteiger partial charge in [-0.15, -0.1) is 0 Å². The van der Waals surface area contributed by atoms with E-state index in [0.29, 0.717) is 13.0 Å². The molecule has 0 unspecified atom stereocenters. The predicted octanol–water partition coefficient (Wildman–Crippen LogP) is 1.88. The van der Waals surface area contributed by atoms with Crippen molar-refractivity contribution in [2.24, 2.45) is 4.99 Å². The third-order valence-electron chi connectivity index (χ3n) is 3.28. The van der Waals surface area contributed by atoms with Crippen LogP contribution in [0.25, 0.3) is 0 Å². The monoisotopic (exact) mass is 294 g/mol. The topological polar surface area (TPSA) is 39.7 Å². The Morgan fingerprint density at radius 2 is 2.00 bits per heavy atom. The molecule has 0 spiro atoms. The quantitative estimate of drug-likeness (QED) is 0.568. The summed E-state index contributed by atoms with van der Waals surface area (Å²) in [6.45, 7) is 8.34. The number of hydrogen-bond donors (Lipinski definition) is 2. The molecule has 0 aliphatic rings. The van der Waals surface area contributed by atoms with Crippen molar-refractivity contribution in [1.29, 1.82) is 0 Å². The third-order valence-corrected chi connectivity index (χ3v) is 3.28. The van der Waals surface area contributed by atoms with Gasteiger partial charge in [0.25, 0.3) is 0 Å². The number of benzene rings is 1. The van der Waals surface area contributed by atoms with Gasteiger partial charge in [-0.25, -0.2) is 4.39 Å². The number of hydrogen-bond acceptors (Lipinski definition) is 2. The zero-order valence-electron chi connectivity index (χ0n) is 13.3. The van der Waals surface area contributed by atoms with Crippen LogP contribution >= 0.6 is 0 Å². The molecule has 118 valence electrons. The Hall–Kier alpha value is -1.62. The van der Waals surface area contributed by atoms with Crippen LogP contribution in [0, 0.1) is 5.82 Å². The summed E-state index contributed by atoms with van der Waals surface area (Å²) >= 11 is 0. The van der Waals surface area contributed by atoms with Crippen molar-refractivity contribution in [1.82, 2.24) is 15.5 Å². The van der Waals surface area contributed by atoms with E-state index in [2.05, 4.69) is 34.5 Å². The van der Waals surface area contributed by atoms with E-state index >= 15 is 0 Å². The van der Waals surface area contributed by atoms with Crippen LogP contribution in [0.15, 0.2) is 29.3 Å². The summed E-state index contributed by atoms with van der Waals surface area (Å²) in [6.07, 6.45) is 0.645. The summed E-state index contributed by atoms with van der Waals surface area (Å²) in [7, 11) is 2.08. The highest BCUT2D eigenvalue weighted by atomic mass is 19.1. The minimum atomic E-state index is -0.147. The van der Waals surface area contributed by atoms with Crippen LogP contribution in [-0.4, -0.2) is 50.6 Å². The molecule has 0 saturated carbocycles. The van der Waals surface area contributed by atoms with Crippen LogP contribution in [0.5, 0.6) is 0 Å². The number of nitrogens with one attached hydrogen (secondary N) is 2. The number of guanidine groups is 1. The van der Waals surface area contributed by atoms with Gasteiger partial charge >= 0.3 is 0 Å². The Labute approximate surface area is 127 Å². The molecule has 0 amide bonds. The van der Waals surface area contributed by atoms with Gasteiger partial charge in [0.1, 0.15) is 5.82 Å². The number of aliphatic imine (C=N–C) groups is 1. The van der Waals surface area contributed by atoms with Crippen molar-refractivity contribution in [3.8, 4) is 0 Å². The number of nitrogens with zero attached hydrogens (tertiary/aromatic N) is 2. The van der Waals surface area contributed by atoms with E-state index in [1.807, 2.05) is 19.1 Å². The van der Waals surface area contributed by atoms with Gasteiger partial charge in [0.05, 0.1) is 6.54 Å². The van der Waals surface area contributed by atoms with Gasteiger partial charge < -0.3 is 15.5 Å². The van der Waals surface area contributed by atoms with E-state index in [0.717, 1.165) is 37.7 Å². The highest BCUT2D eigenvalue weighted by Crippen LogP contribution is 2.05. The fraction of sp³-hybridized carbons (Fsp3) is 0.562. The second-order valence-corrected chi connectivity index (χ2v) is 4.92. The van der Waals surface area contributed by atoms with E-state index in [1.54, 1.807) is 6.07 Å². The first kappa shape index (κ1) is 17.4. The Bertz CT molecular complexity index is 434. The molecule has 0 aliphatic carbocycles. The molecule has 0 fully saturated rings. The maximum atomic E-state index is 13.5. The molecule has 0 radical (unpaired) electrons. The molecular formula is C16H27FN4. The average Bonchev–Trinajstić information content (AvgIpc) is 2.49. The van der Waals surface area contributed by atoms with E-state index < -0.39 is 0 Å². The minimum absolute atomic E-state index is 0.147. The Balaban J connectivity index is 2.40. The van der Waals surface area contributed by atoms with Crippen molar-refractivity contribution in [3.63, 3.8) is 0 Å². The first-order valence-corrected chi connectivity index (χ1v) is 7.61. The van der Waals surface area contributed by atoms with E-state index in [-0.39, 0.29) is 5.82 Å². The summed E-state index contributed by atoms with van der Waals surface area (Å²) in [4.78, 5) is 6.73. The van der Waals surface area contributed by atoms with Gasteiger partial charge in [0, 0.05) is 19.6 Å². The van der Waals surface area contributed by atoms with Crippen LogP contribution < -0.4 is 10.6 Å². The molecule has 21 heavy (non-hydrogen) atoms. The smallest absolute Gasteiger partial charge is 0.191 e. The molecule has 0 atom stereocenters. The lowest BCUT2D eigenvalue weighted by Crippen LogP contribution is -2.39. The second kappa shape index (κ2) is 10.2. The summed E-state index contributed by atoms with van der Waals surface area (Å²) in [5, 5.41) is 6.44. The predicted molar refractivity (Wildman–Crippen MR) is 87.3 cm³/mol. The summed E-state index contributed by atoms with van der Waals surface area (Å²) in [5.74, 6) is 0.643. The largest absolute Gasteiger partial charge is 0.357 e. The highest BCUT2D eigenvalue weighted by Gasteiger charge is 2.02. The molecule has 0 heterocycles. The second-order valence-electron chi connectivity index (χ2n) is 4.92. The molecule has 2 N–H and O–H groups in total. The molecule has 1 aromatic carbocycles. The highest BCUT2D eigenvalue weighted by molar-refractivity contribution is 5.79. The van der Waals surface area contributed by atoms with Gasteiger partial charge in [-0.2, -0.15) is 0 Å². The summed E-state index contributed by atoms with van der Waals surface area (Å²) < 4.78 is 13.5.